The van der Waals surface area contributed by atoms with Crippen molar-refractivity contribution in [1.82, 2.24) is 10.2 Å². The van der Waals surface area contributed by atoms with Gasteiger partial charge in [-0.15, -0.1) is 0 Å². The predicted molar refractivity (Wildman–Crippen MR) is 86.9 cm³/mol. The lowest BCUT2D eigenvalue weighted by molar-refractivity contribution is -0.123. The smallest absolute Gasteiger partial charge is 0.223 e. The van der Waals surface area contributed by atoms with Crippen molar-refractivity contribution in [1.29, 1.82) is 0 Å². The van der Waals surface area contributed by atoms with Gasteiger partial charge >= 0.3 is 0 Å². The van der Waals surface area contributed by atoms with Gasteiger partial charge in [-0.2, -0.15) is 0 Å². The summed E-state index contributed by atoms with van der Waals surface area (Å²) in [5.41, 5.74) is 2.47. The van der Waals surface area contributed by atoms with Crippen molar-refractivity contribution in [2.45, 2.75) is 45.2 Å². The van der Waals surface area contributed by atoms with Gasteiger partial charge in [-0.3, -0.25) is 9.69 Å². The summed E-state index contributed by atoms with van der Waals surface area (Å²) in [7, 11) is 1.72. The molecule has 1 saturated heterocycles. The van der Waals surface area contributed by atoms with Gasteiger partial charge in [0, 0.05) is 31.6 Å². The highest BCUT2D eigenvalue weighted by Gasteiger charge is 2.31. The summed E-state index contributed by atoms with van der Waals surface area (Å²) < 4.78 is 5.40. The van der Waals surface area contributed by atoms with Crippen molar-refractivity contribution in [3.63, 3.8) is 0 Å². The van der Waals surface area contributed by atoms with Crippen LogP contribution in [0.15, 0.2) is 18.2 Å². The van der Waals surface area contributed by atoms with Crippen molar-refractivity contribution in [2.24, 2.45) is 5.92 Å². The Labute approximate surface area is 132 Å². The Morgan fingerprint density at radius 1 is 1.27 bits per heavy atom. The number of hydrogen-bond acceptors (Lipinski definition) is 3. The van der Waals surface area contributed by atoms with E-state index in [2.05, 4.69) is 35.3 Å². The average molecular weight is 302 g/mol. The number of methoxy groups -OCH3 is 1. The van der Waals surface area contributed by atoms with Gasteiger partial charge in [-0.05, 0) is 49.8 Å². The van der Waals surface area contributed by atoms with Crippen LogP contribution in [0.25, 0.3) is 0 Å². The Bertz CT molecular complexity index is 532. The van der Waals surface area contributed by atoms with Crippen molar-refractivity contribution < 1.29 is 9.53 Å². The monoisotopic (exact) mass is 302 g/mol. The number of benzene rings is 1. The van der Waals surface area contributed by atoms with E-state index in [-0.39, 0.29) is 5.91 Å². The van der Waals surface area contributed by atoms with Crippen LogP contribution in [0.1, 0.15) is 36.8 Å². The molecular formula is C18H26N2O2. The molecular weight excluding hydrogens is 276 g/mol. The molecule has 0 bridgehead atoms. The second kappa shape index (κ2) is 6.69. The third-order valence-electron chi connectivity index (χ3n) is 4.76. The molecule has 4 nitrogen and oxygen atoms in total. The molecule has 1 aromatic carbocycles. The lowest BCUT2D eigenvalue weighted by Gasteiger charge is -2.32. The summed E-state index contributed by atoms with van der Waals surface area (Å²) in [5.74, 6) is 1.56. The molecule has 1 aliphatic carbocycles. The molecule has 22 heavy (non-hydrogen) atoms. The van der Waals surface area contributed by atoms with Gasteiger partial charge in [0.2, 0.25) is 5.91 Å². The summed E-state index contributed by atoms with van der Waals surface area (Å²) >= 11 is 0. The number of nitrogens with one attached hydrogen (secondary N) is 1. The third kappa shape index (κ3) is 3.80. The molecule has 2 aliphatic rings. The highest BCUT2D eigenvalue weighted by Crippen LogP contribution is 2.29. The number of likely N-dealkylation sites (tertiary alicyclic amines) is 1. The fraction of sp³-hybridized carbons (Fsp3) is 0.611. The minimum atomic E-state index is 0.279. The molecule has 1 heterocycles. The number of aryl methyl sites for hydroxylation is 1. The molecule has 1 N–H and O–H groups in total. The molecule has 120 valence electrons. The Balaban J connectivity index is 1.48. The highest BCUT2D eigenvalue weighted by molar-refractivity contribution is 5.81. The molecule has 1 aromatic rings. The van der Waals surface area contributed by atoms with Gasteiger partial charge in [0.25, 0.3) is 0 Å². The predicted octanol–water partition coefficient (Wildman–Crippen LogP) is 2.49. The molecule has 1 amide bonds. The van der Waals surface area contributed by atoms with E-state index in [4.69, 9.17) is 4.74 Å². The first-order valence-corrected chi connectivity index (χ1v) is 8.32. The summed E-state index contributed by atoms with van der Waals surface area (Å²) in [6.07, 6.45) is 4.28. The lowest BCUT2D eigenvalue weighted by Crippen LogP contribution is -2.44. The van der Waals surface area contributed by atoms with Crippen molar-refractivity contribution in [2.75, 3.05) is 20.2 Å². The maximum Gasteiger partial charge on any atom is 0.223 e. The molecule has 1 saturated carbocycles. The van der Waals surface area contributed by atoms with Crippen molar-refractivity contribution in [3.05, 3.63) is 29.3 Å². The van der Waals surface area contributed by atoms with Crippen molar-refractivity contribution in [3.8, 4) is 5.75 Å². The van der Waals surface area contributed by atoms with Gasteiger partial charge < -0.3 is 10.1 Å². The molecule has 0 atom stereocenters. The molecule has 3 rings (SSSR count). The fourth-order valence-electron chi connectivity index (χ4n) is 3.12. The number of carbonyl (C=O) groups is 1. The van der Waals surface area contributed by atoms with Crippen LogP contribution in [0.2, 0.25) is 0 Å². The Kier molecular flexibility index (Phi) is 4.67. The fourth-order valence-corrected chi connectivity index (χ4v) is 3.12. The van der Waals surface area contributed by atoms with E-state index in [0.717, 1.165) is 51.1 Å². The van der Waals surface area contributed by atoms with Crippen LogP contribution in [0.5, 0.6) is 5.75 Å². The van der Waals surface area contributed by atoms with E-state index in [1.54, 1.807) is 7.11 Å². The molecule has 1 aliphatic heterocycles. The number of carbonyl (C=O) groups excluding carboxylic acids is 1. The second-order valence-corrected chi connectivity index (χ2v) is 6.64. The SMILES string of the molecule is COc1cc(CN2CCC(NC(=O)C3CC3)CC2)ccc1C. The summed E-state index contributed by atoms with van der Waals surface area (Å²) in [6, 6.07) is 6.81. The summed E-state index contributed by atoms with van der Waals surface area (Å²) in [5, 5.41) is 3.21. The van der Waals surface area contributed by atoms with Crippen LogP contribution in [-0.4, -0.2) is 37.0 Å². The largest absolute Gasteiger partial charge is 0.496 e. The first kappa shape index (κ1) is 15.3. The first-order valence-electron chi connectivity index (χ1n) is 8.32. The zero-order valence-electron chi connectivity index (χ0n) is 13.6. The first-order chi connectivity index (χ1) is 10.7. The maximum atomic E-state index is 11.8. The normalized spacial score (nSPS) is 19.9. The van der Waals surface area contributed by atoms with Gasteiger partial charge in [0.1, 0.15) is 5.75 Å². The van der Waals surface area contributed by atoms with Gasteiger partial charge in [-0.25, -0.2) is 0 Å². The molecule has 2 fully saturated rings. The van der Waals surface area contributed by atoms with Gasteiger partial charge in [0.15, 0.2) is 0 Å². The molecule has 0 spiro atoms. The summed E-state index contributed by atoms with van der Waals surface area (Å²) in [4.78, 5) is 14.3. The van der Waals surface area contributed by atoms with Crippen LogP contribution < -0.4 is 10.1 Å². The number of rotatable bonds is 5. The van der Waals surface area contributed by atoms with Crippen LogP contribution in [0.4, 0.5) is 0 Å². The quantitative estimate of drug-likeness (QED) is 0.908. The standard InChI is InChI=1S/C18H26N2O2/c1-13-3-4-14(11-17(13)22-2)12-20-9-7-16(8-10-20)19-18(21)15-5-6-15/h3-4,11,15-16H,5-10,12H2,1-2H3,(H,19,21). The second-order valence-electron chi connectivity index (χ2n) is 6.64. The highest BCUT2D eigenvalue weighted by atomic mass is 16.5. The number of piperidine rings is 1. The topological polar surface area (TPSA) is 41.6 Å². The van der Waals surface area contributed by atoms with E-state index in [1.165, 1.54) is 11.1 Å². The van der Waals surface area contributed by atoms with E-state index >= 15 is 0 Å². The third-order valence-corrected chi connectivity index (χ3v) is 4.76. The van der Waals surface area contributed by atoms with Crippen LogP contribution in [0.3, 0.4) is 0 Å². The molecule has 0 unspecified atom stereocenters. The van der Waals surface area contributed by atoms with Crippen LogP contribution in [-0.2, 0) is 11.3 Å². The molecule has 0 aromatic heterocycles. The molecule has 0 radical (unpaired) electrons. The minimum Gasteiger partial charge on any atom is -0.496 e. The Morgan fingerprint density at radius 2 is 2.00 bits per heavy atom. The maximum absolute atomic E-state index is 11.8. The van der Waals surface area contributed by atoms with E-state index in [0.29, 0.717) is 12.0 Å². The summed E-state index contributed by atoms with van der Waals surface area (Å²) in [6.45, 7) is 5.12. The van der Waals surface area contributed by atoms with Crippen LogP contribution >= 0.6 is 0 Å². The Morgan fingerprint density at radius 3 is 2.64 bits per heavy atom. The van der Waals surface area contributed by atoms with Gasteiger partial charge in [0.05, 0.1) is 7.11 Å². The zero-order valence-corrected chi connectivity index (χ0v) is 13.6. The number of ether oxygens (including phenoxy) is 1. The number of amides is 1. The molecule has 4 heteroatoms. The minimum absolute atomic E-state index is 0.279. The Hall–Kier alpha value is -1.55. The zero-order chi connectivity index (χ0) is 15.5. The van der Waals surface area contributed by atoms with Gasteiger partial charge in [-0.1, -0.05) is 12.1 Å². The van der Waals surface area contributed by atoms with Crippen LogP contribution in [0, 0.1) is 12.8 Å². The van der Waals surface area contributed by atoms with E-state index in [1.807, 2.05) is 0 Å². The van der Waals surface area contributed by atoms with Crippen molar-refractivity contribution >= 4 is 5.91 Å². The average Bonchev–Trinajstić information content (AvgIpc) is 3.36. The van der Waals surface area contributed by atoms with E-state index in [9.17, 15) is 4.79 Å². The van der Waals surface area contributed by atoms with E-state index < -0.39 is 0 Å². The number of hydrogen-bond donors (Lipinski definition) is 1. The lowest BCUT2D eigenvalue weighted by atomic mass is 10.0. The number of nitrogens with zero attached hydrogens (tertiary/aromatic N) is 1.